The zero-order valence-corrected chi connectivity index (χ0v) is 14.5. The molecule has 0 radical (unpaired) electrons. The Morgan fingerprint density at radius 1 is 0.783 bits per heavy atom. The minimum absolute atomic E-state index is 0.460. The lowest BCUT2D eigenvalue weighted by atomic mass is 10.0. The minimum Gasteiger partial charge on any atom is -0.323 e. The molecular formula is C21H25OP. The van der Waals surface area contributed by atoms with Gasteiger partial charge in [-0.25, -0.2) is 0 Å². The van der Waals surface area contributed by atoms with Crippen molar-refractivity contribution < 1.29 is 4.57 Å². The van der Waals surface area contributed by atoms with E-state index in [4.69, 9.17) is 0 Å². The summed E-state index contributed by atoms with van der Waals surface area (Å²) in [7, 11) is -2.25. The van der Waals surface area contributed by atoms with E-state index in [2.05, 4.69) is 48.5 Å². The Morgan fingerprint density at radius 2 is 1.35 bits per heavy atom. The van der Waals surface area contributed by atoms with Crippen molar-refractivity contribution in [2.24, 2.45) is 11.8 Å². The first kappa shape index (κ1) is 15.2. The van der Waals surface area contributed by atoms with Gasteiger partial charge in [-0.1, -0.05) is 67.1 Å². The average Bonchev–Trinajstić information content (AvgIpc) is 3.20. The third-order valence-electron chi connectivity index (χ3n) is 5.89. The van der Waals surface area contributed by atoms with E-state index in [1.807, 2.05) is 12.1 Å². The lowest BCUT2D eigenvalue weighted by Crippen LogP contribution is -2.19. The summed E-state index contributed by atoms with van der Waals surface area (Å²) in [6.45, 7) is 0. The summed E-state index contributed by atoms with van der Waals surface area (Å²) in [5.74, 6) is 1.57. The Bertz CT molecular complexity index is 649. The maximum atomic E-state index is 14.1. The van der Waals surface area contributed by atoms with Crippen molar-refractivity contribution in [2.75, 3.05) is 0 Å². The second-order valence-corrected chi connectivity index (χ2v) is 10.7. The third-order valence-corrected chi connectivity index (χ3v) is 9.53. The zero-order chi connectivity index (χ0) is 15.7. The van der Waals surface area contributed by atoms with Crippen molar-refractivity contribution in [1.29, 1.82) is 0 Å². The van der Waals surface area contributed by atoms with Crippen LogP contribution >= 0.6 is 7.14 Å². The van der Waals surface area contributed by atoms with E-state index >= 15 is 0 Å². The molecule has 3 atom stereocenters. The predicted molar refractivity (Wildman–Crippen MR) is 97.1 cm³/mol. The highest BCUT2D eigenvalue weighted by Gasteiger charge is 2.48. The largest absolute Gasteiger partial charge is 0.323 e. The van der Waals surface area contributed by atoms with E-state index in [1.54, 1.807) is 0 Å². The molecule has 1 nitrogen and oxygen atoms in total. The van der Waals surface area contributed by atoms with Gasteiger partial charge in [-0.15, -0.1) is 0 Å². The maximum Gasteiger partial charge on any atom is 0.0992 e. The molecule has 2 aromatic rings. The second kappa shape index (κ2) is 6.29. The fraction of sp³-hybridized carbons (Fsp3) is 0.429. The van der Waals surface area contributed by atoms with Gasteiger partial charge >= 0.3 is 0 Å². The molecule has 4 rings (SSSR count). The smallest absolute Gasteiger partial charge is 0.0992 e. The third kappa shape index (κ3) is 3.17. The molecule has 0 saturated heterocycles. The molecule has 120 valence electrons. The lowest BCUT2D eigenvalue weighted by Gasteiger charge is -2.31. The van der Waals surface area contributed by atoms with E-state index in [0.717, 1.165) is 24.2 Å². The molecule has 2 aliphatic rings. The van der Waals surface area contributed by atoms with Gasteiger partial charge in [0.05, 0.1) is 7.14 Å². The standard InChI is InChI=1S/C21H25OP/c22-23(15-17-7-3-1-4-8-17,16-18-9-5-2-6-10-18)21-14-19-11-12-20(21)13-19/h1-10,19-21H,11-16H2/t19-,20+,21+/m1/s1. The number of benzene rings is 2. The fourth-order valence-electron chi connectivity index (χ4n) is 4.86. The number of hydrogen-bond donors (Lipinski definition) is 0. The van der Waals surface area contributed by atoms with Gasteiger partial charge in [-0.05, 0) is 42.2 Å². The normalized spacial score (nSPS) is 26.5. The van der Waals surface area contributed by atoms with Crippen LogP contribution in [0.15, 0.2) is 60.7 Å². The molecule has 0 spiro atoms. The first-order chi connectivity index (χ1) is 11.2. The summed E-state index contributed by atoms with van der Waals surface area (Å²) < 4.78 is 14.1. The fourth-order valence-corrected chi connectivity index (χ4v) is 8.82. The topological polar surface area (TPSA) is 17.1 Å². The van der Waals surface area contributed by atoms with Crippen molar-refractivity contribution in [3.8, 4) is 0 Å². The summed E-state index contributed by atoms with van der Waals surface area (Å²) in [6.07, 6.45) is 6.77. The summed E-state index contributed by atoms with van der Waals surface area (Å²) >= 11 is 0. The van der Waals surface area contributed by atoms with Gasteiger partial charge in [-0.2, -0.15) is 0 Å². The molecule has 23 heavy (non-hydrogen) atoms. The summed E-state index contributed by atoms with van der Waals surface area (Å²) in [5, 5.41) is 0. The Hall–Kier alpha value is -1.33. The Labute approximate surface area is 139 Å². The Balaban J connectivity index is 1.64. The van der Waals surface area contributed by atoms with Gasteiger partial charge in [0.25, 0.3) is 0 Å². The van der Waals surface area contributed by atoms with Crippen molar-refractivity contribution in [3.05, 3.63) is 71.8 Å². The zero-order valence-electron chi connectivity index (χ0n) is 13.6. The SMILES string of the molecule is O=P(Cc1ccccc1)(Cc1ccccc1)[C@H]1C[C@@H]2CC[C@H]1C2. The lowest BCUT2D eigenvalue weighted by molar-refractivity contribution is 0.462. The second-order valence-electron chi connectivity index (χ2n) is 7.48. The van der Waals surface area contributed by atoms with Crippen molar-refractivity contribution in [1.82, 2.24) is 0 Å². The molecule has 0 heterocycles. The molecule has 2 aromatic carbocycles. The highest BCUT2D eigenvalue weighted by Crippen LogP contribution is 2.66. The van der Waals surface area contributed by atoms with Gasteiger partial charge in [0.1, 0.15) is 0 Å². The number of hydrogen-bond acceptors (Lipinski definition) is 1. The summed E-state index contributed by atoms with van der Waals surface area (Å²) in [4.78, 5) is 0. The van der Waals surface area contributed by atoms with Crippen LogP contribution in [-0.2, 0) is 16.9 Å². The van der Waals surface area contributed by atoms with Gasteiger partial charge < -0.3 is 4.57 Å². The van der Waals surface area contributed by atoms with Crippen molar-refractivity contribution >= 4 is 7.14 Å². The number of fused-ring (bicyclic) bond motifs is 2. The molecule has 2 bridgehead atoms. The molecule has 2 heteroatoms. The maximum absolute atomic E-state index is 14.1. The monoisotopic (exact) mass is 324 g/mol. The van der Waals surface area contributed by atoms with Crippen LogP contribution in [0.5, 0.6) is 0 Å². The highest BCUT2D eigenvalue weighted by atomic mass is 31.2. The van der Waals surface area contributed by atoms with Gasteiger partial charge in [-0.3, -0.25) is 0 Å². The molecule has 0 amide bonds. The number of rotatable bonds is 5. The summed E-state index contributed by atoms with van der Waals surface area (Å²) in [6, 6.07) is 21.0. The van der Waals surface area contributed by atoms with Crippen molar-refractivity contribution in [2.45, 2.75) is 43.7 Å². The minimum atomic E-state index is -2.25. The van der Waals surface area contributed by atoms with Gasteiger partial charge in [0.2, 0.25) is 0 Å². The van der Waals surface area contributed by atoms with Gasteiger partial charge in [0, 0.05) is 18.0 Å². The molecule has 2 saturated carbocycles. The summed E-state index contributed by atoms with van der Waals surface area (Å²) in [5.41, 5.74) is 2.95. The van der Waals surface area contributed by atoms with Crippen LogP contribution in [0.25, 0.3) is 0 Å². The Morgan fingerprint density at radius 3 is 1.78 bits per heavy atom. The van der Waals surface area contributed by atoms with Crippen LogP contribution in [0.2, 0.25) is 0 Å². The van der Waals surface area contributed by atoms with Crippen LogP contribution in [0.3, 0.4) is 0 Å². The quantitative estimate of drug-likeness (QED) is 0.622. The highest BCUT2D eigenvalue weighted by molar-refractivity contribution is 7.63. The van der Waals surface area contributed by atoms with Gasteiger partial charge in [0.15, 0.2) is 0 Å². The van der Waals surface area contributed by atoms with E-state index in [-0.39, 0.29) is 0 Å². The first-order valence-corrected chi connectivity index (χ1v) is 11.0. The molecule has 2 fully saturated rings. The molecule has 2 aliphatic carbocycles. The van der Waals surface area contributed by atoms with E-state index < -0.39 is 7.14 Å². The molecule has 0 aliphatic heterocycles. The average molecular weight is 324 g/mol. The van der Waals surface area contributed by atoms with Crippen molar-refractivity contribution in [3.63, 3.8) is 0 Å². The van der Waals surface area contributed by atoms with Crippen LogP contribution in [-0.4, -0.2) is 5.66 Å². The molecule has 0 aromatic heterocycles. The predicted octanol–water partition coefficient (Wildman–Crippen LogP) is 5.94. The van der Waals surface area contributed by atoms with E-state index in [1.165, 1.54) is 36.8 Å². The van der Waals surface area contributed by atoms with E-state index in [9.17, 15) is 4.57 Å². The molecule has 0 unspecified atom stereocenters. The van der Waals surface area contributed by atoms with Crippen LogP contribution in [0.1, 0.15) is 36.8 Å². The first-order valence-electron chi connectivity index (χ1n) is 8.88. The Kier molecular flexibility index (Phi) is 4.16. The van der Waals surface area contributed by atoms with E-state index in [0.29, 0.717) is 5.66 Å². The molecular weight excluding hydrogens is 299 g/mol. The molecule has 0 N–H and O–H groups in total. The van der Waals surface area contributed by atoms with Crippen LogP contribution < -0.4 is 0 Å². The van der Waals surface area contributed by atoms with Crippen LogP contribution in [0, 0.1) is 11.8 Å². The van der Waals surface area contributed by atoms with Crippen LogP contribution in [0.4, 0.5) is 0 Å².